The van der Waals surface area contributed by atoms with E-state index in [1.807, 2.05) is 31.2 Å². The second-order valence-electron chi connectivity index (χ2n) is 8.00. The van der Waals surface area contributed by atoms with Gasteiger partial charge in [0.05, 0.1) is 27.4 Å². The van der Waals surface area contributed by atoms with Crippen LogP contribution in [0.15, 0.2) is 82.7 Å². The van der Waals surface area contributed by atoms with E-state index < -0.39 is 21.9 Å². The Balaban J connectivity index is 1.66. The van der Waals surface area contributed by atoms with Crippen LogP contribution >= 0.6 is 11.3 Å². The van der Waals surface area contributed by atoms with Gasteiger partial charge in [-0.15, -0.1) is 0 Å². The number of carbonyl (C=O) groups excluding carboxylic acids is 2. The standard InChI is InChI=1S/C26H25N3O5S2/c1-4-34-24(30)17-29-22-15-10-18(2)16-23(22)35-26(29)27-25(31)19-11-13-21(14-12-19)36(32,33)28(3)20-8-6-5-7-9-20/h5-16H,4,17H2,1-3H3. The SMILES string of the molecule is CCOC(=O)Cn1c(=NC(=O)c2ccc(S(=O)(=O)N(C)c3ccccc3)cc2)sc2cc(C)ccc21. The Bertz CT molecular complexity index is 1590. The third-order valence-corrected chi connectivity index (χ3v) is 8.35. The van der Waals surface area contributed by atoms with E-state index in [-0.39, 0.29) is 23.6 Å². The second-order valence-corrected chi connectivity index (χ2v) is 11.0. The van der Waals surface area contributed by atoms with E-state index in [2.05, 4.69) is 4.99 Å². The molecule has 0 saturated carbocycles. The molecule has 3 aromatic carbocycles. The fraction of sp³-hybridized carbons (Fsp3) is 0.192. The van der Waals surface area contributed by atoms with Gasteiger partial charge >= 0.3 is 5.97 Å². The summed E-state index contributed by atoms with van der Waals surface area (Å²) >= 11 is 1.30. The summed E-state index contributed by atoms with van der Waals surface area (Å²) in [6.45, 7) is 3.86. The Hall–Kier alpha value is -3.76. The van der Waals surface area contributed by atoms with Crippen LogP contribution in [0.5, 0.6) is 0 Å². The largest absolute Gasteiger partial charge is 0.465 e. The van der Waals surface area contributed by atoms with Crippen molar-refractivity contribution in [3.8, 4) is 0 Å². The maximum atomic E-state index is 13.0. The number of anilines is 1. The van der Waals surface area contributed by atoms with Crippen LogP contribution in [0.25, 0.3) is 10.2 Å². The van der Waals surface area contributed by atoms with Crippen molar-refractivity contribution in [1.82, 2.24) is 4.57 Å². The minimum atomic E-state index is -3.80. The molecule has 0 aliphatic rings. The van der Waals surface area contributed by atoms with Crippen molar-refractivity contribution in [2.75, 3.05) is 18.0 Å². The van der Waals surface area contributed by atoms with E-state index in [1.54, 1.807) is 35.8 Å². The first-order valence-corrected chi connectivity index (χ1v) is 13.4. The van der Waals surface area contributed by atoms with E-state index in [1.165, 1.54) is 47.0 Å². The van der Waals surface area contributed by atoms with E-state index >= 15 is 0 Å². The number of hydrogen-bond donors (Lipinski definition) is 0. The average Bonchev–Trinajstić information content (AvgIpc) is 3.19. The zero-order valence-corrected chi connectivity index (χ0v) is 21.7. The zero-order chi connectivity index (χ0) is 25.9. The van der Waals surface area contributed by atoms with Crippen LogP contribution in [0.1, 0.15) is 22.8 Å². The minimum Gasteiger partial charge on any atom is -0.465 e. The number of benzene rings is 3. The Morgan fingerprint density at radius 1 is 1.03 bits per heavy atom. The molecule has 0 aliphatic carbocycles. The molecule has 0 spiro atoms. The maximum absolute atomic E-state index is 13.0. The predicted molar refractivity (Wildman–Crippen MR) is 140 cm³/mol. The third kappa shape index (κ3) is 5.24. The molecule has 0 aliphatic heterocycles. The molecule has 10 heteroatoms. The van der Waals surface area contributed by atoms with Gasteiger partial charge in [-0.3, -0.25) is 13.9 Å². The van der Waals surface area contributed by atoms with Gasteiger partial charge in [0.15, 0.2) is 4.80 Å². The summed E-state index contributed by atoms with van der Waals surface area (Å²) in [6, 6.07) is 20.1. The van der Waals surface area contributed by atoms with E-state index in [0.717, 1.165) is 15.8 Å². The Morgan fingerprint density at radius 3 is 2.39 bits per heavy atom. The third-order valence-electron chi connectivity index (χ3n) is 5.51. The van der Waals surface area contributed by atoms with Crippen LogP contribution in [0, 0.1) is 6.92 Å². The molecule has 36 heavy (non-hydrogen) atoms. The van der Waals surface area contributed by atoms with Gasteiger partial charge in [0.2, 0.25) is 0 Å². The van der Waals surface area contributed by atoms with Crippen LogP contribution in [0.4, 0.5) is 5.69 Å². The molecule has 8 nitrogen and oxygen atoms in total. The first kappa shape index (κ1) is 25.3. The molecule has 0 radical (unpaired) electrons. The highest BCUT2D eigenvalue weighted by atomic mass is 32.2. The smallest absolute Gasteiger partial charge is 0.326 e. The molecular weight excluding hydrogens is 498 g/mol. The van der Waals surface area contributed by atoms with Gasteiger partial charge in [0, 0.05) is 12.6 Å². The Labute approximate surface area is 213 Å². The summed E-state index contributed by atoms with van der Waals surface area (Å²) in [5.41, 5.74) is 2.57. The highest BCUT2D eigenvalue weighted by Gasteiger charge is 2.21. The fourth-order valence-corrected chi connectivity index (χ4v) is 5.93. The lowest BCUT2D eigenvalue weighted by Crippen LogP contribution is -2.26. The van der Waals surface area contributed by atoms with Crippen molar-refractivity contribution in [3.05, 3.63) is 88.7 Å². The molecular formula is C26H25N3O5S2. The van der Waals surface area contributed by atoms with Crippen molar-refractivity contribution in [2.45, 2.75) is 25.3 Å². The monoisotopic (exact) mass is 523 g/mol. The summed E-state index contributed by atoms with van der Waals surface area (Å²) in [7, 11) is -2.33. The lowest BCUT2D eigenvalue weighted by Gasteiger charge is -2.19. The normalized spacial score (nSPS) is 12.0. The molecule has 0 unspecified atom stereocenters. The first-order chi connectivity index (χ1) is 17.2. The summed E-state index contributed by atoms with van der Waals surface area (Å²) in [4.78, 5) is 29.9. The number of hydrogen-bond acceptors (Lipinski definition) is 6. The van der Waals surface area contributed by atoms with Crippen LogP contribution in [-0.2, 0) is 26.1 Å². The number of amides is 1. The molecule has 4 rings (SSSR count). The molecule has 1 aromatic heterocycles. The molecule has 0 atom stereocenters. The van der Waals surface area contributed by atoms with Gasteiger partial charge in [-0.25, -0.2) is 8.42 Å². The molecule has 0 bridgehead atoms. The fourth-order valence-electron chi connectivity index (χ4n) is 3.61. The number of esters is 1. The number of thiazole rings is 1. The topological polar surface area (TPSA) is 98.0 Å². The highest BCUT2D eigenvalue weighted by Crippen LogP contribution is 2.22. The van der Waals surface area contributed by atoms with Gasteiger partial charge in [0.1, 0.15) is 6.54 Å². The minimum absolute atomic E-state index is 0.0557. The van der Waals surface area contributed by atoms with Crippen LogP contribution in [-0.4, -0.2) is 38.5 Å². The first-order valence-electron chi connectivity index (χ1n) is 11.2. The van der Waals surface area contributed by atoms with Gasteiger partial charge in [-0.05, 0) is 67.9 Å². The number of fused-ring (bicyclic) bond motifs is 1. The van der Waals surface area contributed by atoms with Crippen molar-refractivity contribution in [3.63, 3.8) is 0 Å². The summed E-state index contributed by atoms with van der Waals surface area (Å²) in [5, 5.41) is 0. The van der Waals surface area contributed by atoms with Crippen LogP contribution < -0.4 is 9.11 Å². The summed E-state index contributed by atoms with van der Waals surface area (Å²) in [5.74, 6) is -0.972. The van der Waals surface area contributed by atoms with Crippen LogP contribution in [0.2, 0.25) is 0 Å². The number of carbonyl (C=O) groups is 2. The van der Waals surface area contributed by atoms with E-state index in [9.17, 15) is 18.0 Å². The summed E-state index contributed by atoms with van der Waals surface area (Å²) in [6.07, 6.45) is 0. The zero-order valence-electron chi connectivity index (χ0n) is 20.0. The highest BCUT2D eigenvalue weighted by molar-refractivity contribution is 7.92. The number of nitrogens with zero attached hydrogens (tertiary/aromatic N) is 3. The summed E-state index contributed by atoms with van der Waals surface area (Å²) < 4.78 is 34.8. The predicted octanol–water partition coefficient (Wildman–Crippen LogP) is 4.14. The van der Waals surface area contributed by atoms with Gasteiger partial charge < -0.3 is 9.30 Å². The van der Waals surface area contributed by atoms with Gasteiger partial charge in [0.25, 0.3) is 15.9 Å². The van der Waals surface area contributed by atoms with E-state index in [0.29, 0.717) is 10.5 Å². The number of ether oxygens (including phenoxy) is 1. The molecule has 0 fully saturated rings. The number of aromatic nitrogens is 1. The van der Waals surface area contributed by atoms with Crippen molar-refractivity contribution in [1.29, 1.82) is 0 Å². The van der Waals surface area contributed by atoms with Crippen molar-refractivity contribution >= 4 is 49.1 Å². The lowest BCUT2D eigenvalue weighted by molar-refractivity contribution is -0.143. The van der Waals surface area contributed by atoms with Gasteiger partial charge in [-0.2, -0.15) is 4.99 Å². The Morgan fingerprint density at radius 2 is 1.72 bits per heavy atom. The number of aryl methyl sites for hydroxylation is 1. The number of sulfonamides is 1. The van der Waals surface area contributed by atoms with Crippen molar-refractivity contribution in [2.24, 2.45) is 4.99 Å². The number of rotatable bonds is 7. The lowest BCUT2D eigenvalue weighted by atomic mass is 10.2. The molecule has 0 N–H and O–H groups in total. The quantitative estimate of drug-likeness (QED) is 0.339. The Kier molecular flexibility index (Phi) is 7.37. The molecule has 4 aromatic rings. The molecule has 0 saturated heterocycles. The second kappa shape index (κ2) is 10.5. The maximum Gasteiger partial charge on any atom is 0.326 e. The van der Waals surface area contributed by atoms with Gasteiger partial charge in [-0.1, -0.05) is 35.6 Å². The van der Waals surface area contributed by atoms with E-state index in [4.69, 9.17) is 4.74 Å². The molecule has 186 valence electrons. The van der Waals surface area contributed by atoms with Crippen molar-refractivity contribution < 1.29 is 22.7 Å². The molecule has 1 heterocycles. The van der Waals surface area contributed by atoms with Crippen LogP contribution in [0.3, 0.4) is 0 Å². The number of para-hydroxylation sites is 1. The molecule has 1 amide bonds. The average molecular weight is 524 g/mol.